The van der Waals surface area contributed by atoms with Gasteiger partial charge in [-0.2, -0.15) is 0 Å². The van der Waals surface area contributed by atoms with E-state index >= 15 is 0 Å². The molecule has 0 atom stereocenters. The Morgan fingerprint density at radius 2 is 1.81 bits per heavy atom. The van der Waals surface area contributed by atoms with E-state index in [0.717, 1.165) is 34.2 Å². The molecule has 4 aromatic rings. The molecule has 0 unspecified atom stereocenters. The van der Waals surface area contributed by atoms with Crippen LogP contribution in [0.2, 0.25) is 5.02 Å². The lowest BCUT2D eigenvalue weighted by Gasteiger charge is -2.06. The predicted octanol–water partition coefficient (Wildman–Crippen LogP) is 5.88. The van der Waals surface area contributed by atoms with Crippen LogP contribution in [-0.2, 0) is 6.61 Å². The van der Waals surface area contributed by atoms with E-state index in [4.69, 9.17) is 16.3 Å². The standard InChI is InChI=1S/C22H16ClNO2/c23-19-8-4-7-16(13-25)22(19)21-12-17-11-18(9-10-20(17)24-21)26-14-15-5-2-1-3-6-15/h1-13,24H,14H2. The summed E-state index contributed by atoms with van der Waals surface area (Å²) in [7, 11) is 0. The number of rotatable bonds is 5. The molecule has 1 aromatic heterocycles. The molecule has 3 nitrogen and oxygen atoms in total. The maximum atomic E-state index is 11.3. The Hall–Kier alpha value is -3.04. The van der Waals surface area contributed by atoms with Crippen molar-refractivity contribution in [1.29, 1.82) is 0 Å². The van der Waals surface area contributed by atoms with Crippen LogP contribution in [0.1, 0.15) is 15.9 Å². The van der Waals surface area contributed by atoms with E-state index in [0.29, 0.717) is 22.8 Å². The van der Waals surface area contributed by atoms with Crippen molar-refractivity contribution in [3.8, 4) is 17.0 Å². The van der Waals surface area contributed by atoms with Crippen LogP contribution in [0.15, 0.2) is 72.8 Å². The van der Waals surface area contributed by atoms with Crippen molar-refractivity contribution < 1.29 is 9.53 Å². The Kier molecular flexibility index (Phi) is 4.46. The summed E-state index contributed by atoms with van der Waals surface area (Å²) >= 11 is 6.32. The zero-order valence-electron chi connectivity index (χ0n) is 13.9. The summed E-state index contributed by atoms with van der Waals surface area (Å²) in [6.07, 6.45) is 0.821. The fraction of sp³-hybridized carbons (Fsp3) is 0.0455. The molecule has 0 aliphatic rings. The highest BCUT2D eigenvalue weighted by atomic mass is 35.5. The number of benzene rings is 3. The fourth-order valence-electron chi connectivity index (χ4n) is 3.00. The van der Waals surface area contributed by atoms with Crippen LogP contribution in [0.5, 0.6) is 5.75 Å². The first-order valence-corrected chi connectivity index (χ1v) is 8.66. The average Bonchev–Trinajstić information content (AvgIpc) is 3.09. The van der Waals surface area contributed by atoms with Crippen LogP contribution in [0.4, 0.5) is 0 Å². The molecule has 1 N–H and O–H groups in total. The SMILES string of the molecule is O=Cc1cccc(Cl)c1-c1cc2cc(OCc3ccccc3)ccc2[nH]1. The zero-order chi connectivity index (χ0) is 17.9. The van der Waals surface area contributed by atoms with Gasteiger partial charge in [0.25, 0.3) is 0 Å². The number of carbonyl (C=O) groups is 1. The molecule has 0 fully saturated rings. The third-order valence-corrected chi connectivity index (χ3v) is 4.60. The smallest absolute Gasteiger partial charge is 0.150 e. The van der Waals surface area contributed by atoms with Crippen LogP contribution < -0.4 is 4.74 Å². The number of carbonyl (C=O) groups excluding carboxylic acids is 1. The molecule has 0 saturated heterocycles. The first-order valence-electron chi connectivity index (χ1n) is 8.28. The Morgan fingerprint density at radius 3 is 2.62 bits per heavy atom. The minimum Gasteiger partial charge on any atom is -0.489 e. The number of halogens is 1. The molecule has 4 rings (SSSR count). The van der Waals surface area contributed by atoms with Crippen molar-refractivity contribution in [2.24, 2.45) is 0 Å². The van der Waals surface area contributed by atoms with Gasteiger partial charge in [-0.1, -0.05) is 54.1 Å². The molecule has 1 heterocycles. The second-order valence-corrected chi connectivity index (χ2v) is 6.44. The van der Waals surface area contributed by atoms with E-state index in [2.05, 4.69) is 4.98 Å². The molecule has 4 heteroatoms. The normalized spacial score (nSPS) is 10.8. The largest absolute Gasteiger partial charge is 0.489 e. The molecule has 3 aromatic carbocycles. The number of aldehydes is 1. The number of ether oxygens (including phenoxy) is 1. The lowest BCUT2D eigenvalue weighted by Crippen LogP contribution is -1.94. The summed E-state index contributed by atoms with van der Waals surface area (Å²) in [5.74, 6) is 0.793. The molecule has 0 saturated carbocycles. The van der Waals surface area contributed by atoms with Crippen LogP contribution >= 0.6 is 11.6 Å². The Balaban J connectivity index is 1.65. The van der Waals surface area contributed by atoms with Gasteiger partial charge < -0.3 is 9.72 Å². The molecule has 0 spiro atoms. The quantitative estimate of drug-likeness (QED) is 0.451. The average molecular weight is 362 g/mol. The number of aromatic amines is 1. The van der Waals surface area contributed by atoms with Crippen LogP contribution in [0.3, 0.4) is 0 Å². The number of aromatic nitrogens is 1. The molecule has 0 bridgehead atoms. The third-order valence-electron chi connectivity index (χ3n) is 4.28. The van der Waals surface area contributed by atoms with Gasteiger partial charge in [-0.05, 0) is 35.9 Å². The summed E-state index contributed by atoms with van der Waals surface area (Å²) in [6, 6.07) is 23.2. The van der Waals surface area contributed by atoms with Crippen LogP contribution in [0, 0.1) is 0 Å². The third kappa shape index (κ3) is 3.22. The molecule has 26 heavy (non-hydrogen) atoms. The van der Waals surface area contributed by atoms with Gasteiger partial charge >= 0.3 is 0 Å². The molecule has 0 radical (unpaired) electrons. The van der Waals surface area contributed by atoms with Gasteiger partial charge in [0.2, 0.25) is 0 Å². The lowest BCUT2D eigenvalue weighted by molar-refractivity contribution is 0.112. The lowest BCUT2D eigenvalue weighted by atomic mass is 10.1. The van der Waals surface area contributed by atoms with Crippen molar-refractivity contribution in [3.63, 3.8) is 0 Å². The number of nitrogens with one attached hydrogen (secondary N) is 1. The number of H-pyrrole nitrogens is 1. The summed E-state index contributed by atoms with van der Waals surface area (Å²) in [4.78, 5) is 14.7. The van der Waals surface area contributed by atoms with E-state index in [1.54, 1.807) is 18.2 Å². The Labute approximate surface area is 156 Å². The molecular weight excluding hydrogens is 346 g/mol. The number of hydrogen-bond acceptors (Lipinski definition) is 2. The second-order valence-electron chi connectivity index (χ2n) is 6.03. The number of fused-ring (bicyclic) bond motifs is 1. The maximum absolute atomic E-state index is 11.3. The van der Waals surface area contributed by atoms with E-state index in [1.807, 2.05) is 54.6 Å². The van der Waals surface area contributed by atoms with Gasteiger partial charge in [0.1, 0.15) is 12.4 Å². The van der Waals surface area contributed by atoms with Crippen LogP contribution in [0.25, 0.3) is 22.2 Å². The Morgan fingerprint density at radius 1 is 0.962 bits per heavy atom. The summed E-state index contributed by atoms with van der Waals surface area (Å²) < 4.78 is 5.89. The highest BCUT2D eigenvalue weighted by Gasteiger charge is 2.12. The van der Waals surface area contributed by atoms with Crippen molar-refractivity contribution in [3.05, 3.63) is 88.9 Å². The highest BCUT2D eigenvalue weighted by molar-refractivity contribution is 6.34. The van der Waals surface area contributed by atoms with Gasteiger partial charge in [-0.3, -0.25) is 4.79 Å². The maximum Gasteiger partial charge on any atom is 0.150 e. The van der Waals surface area contributed by atoms with Gasteiger partial charge in [-0.25, -0.2) is 0 Å². The van der Waals surface area contributed by atoms with Gasteiger partial charge in [0.15, 0.2) is 6.29 Å². The van der Waals surface area contributed by atoms with Crippen molar-refractivity contribution in [2.45, 2.75) is 6.61 Å². The second kappa shape index (κ2) is 7.06. The van der Waals surface area contributed by atoms with E-state index in [-0.39, 0.29) is 0 Å². The first kappa shape index (κ1) is 16.4. The fourth-order valence-corrected chi connectivity index (χ4v) is 3.28. The topological polar surface area (TPSA) is 42.1 Å². The summed E-state index contributed by atoms with van der Waals surface area (Å²) in [5.41, 5.74) is 4.17. The minimum atomic E-state index is 0.517. The van der Waals surface area contributed by atoms with Gasteiger partial charge in [-0.15, -0.1) is 0 Å². The molecule has 0 aliphatic carbocycles. The van der Waals surface area contributed by atoms with E-state index in [1.165, 1.54) is 0 Å². The van der Waals surface area contributed by atoms with Crippen molar-refractivity contribution in [2.75, 3.05) is 0 Å². The minimum absolute atomic E-state index is 0.517. The molecular formula is C22H16ClNO2. The monoisotopic (exact) mass is 361 g/mol. The highest BCUT2D eigenvalue weighted by Crippen LogP contribution is 2.33. The van der Waals surface area contributed by atoms with E-state index < -0.39 is 0 Å². The van der Waals surface area contributed by atoms with Crippen LogP contribution in [-0.4, -0.2) is 11.3 Å². The van der Waals surface area contributed by atoms with Crippen molar-refractivity contribution in [1.82, 2.24) is 4.98 Å². The summed E-state index contributed by atoms with van der Waals surface area (Å²) in [6.45, 7) is 0.517. The number of hydrogen-bond donors (Lipinski definition) is 1. The molecule has 128 valence electrons. The molecule has 0 aliphatic heterocycles. The predicted molar refractivity (Wildman–Crippen MR) is 105 cm³/mol. The van der Waals surface area contributed by atoms with E-state index in [9.17, 15) is 4.79 Å². The van der Waals surface area contributed by atoms with Gasteiger partial charge in [0, 0.05) is 27.7 Å². The van der Waals surface area contributed by atoms with Gasteiger partial charge in [0.05, 0.1) is 5.02 Å². The zero-order valence-corrected chi connectivity index (χ0v) is 14.7. The first-order chi connectivity index (χ1) is 12.7. The summed E-state index contributed by atoms with van der Waals surface area (Å²) in [5, 5.41) is 1.55. The van der Waals surface area contributed by atoms with Crippen molar-refractivity contribution >= 4 is 28.8 Å². The molecule has 0 amide bonds. The Bertz CT molecular complexity index is 1070.